The van der Waals surface area contributed by atoms with Gasteiger partial charge in [0.05, 0.1) is 0 Å². The van der Waals surface area contributed by atoms with Crippen LogP contribution < -0.4 is 0 Å². The Morgan fingerprint density at radius 1 is 0.529 bits per heavy atom. The zero-order valence-electron chi connectivity index (χ0n) is 12.6. The molecule has 0 aliphatic carbocycles. The monoisotopic (exact) mass is 340 g/mol. The van der Waals surface area contributed by atoms with E-state index in [-0.39, 0.29) is 27.3 Å². The van der Waals surface area contributed by atoms with Gasteiger partial charge >= 0.3 is 27.3 Å². The van der Waals surface area contributed by atoms with Crippen molar-refractivity contribution in [1.82, 2.24) is 0 Å². The summed E-state index contributed by atoms with van der Waals surface area (Å²) in [6.07, 6.45) is 16.0. The van der Waals surface area contributed by atoms with Crippen LogP contribution in [0.15, 0.2) is 0 Å². The number of rotatable bonds is 10. The molecule has 0 fully saturated rings. The summed E-state index contributed by atoms with van der Waals surface area (Å²) < 4.78 is 0. The van der Waals surface area contributed by atoms with Crippen molar-refractivity contribution in [1.29, 1.82) is 0 Å². The summed E-state index contributed by atoms with van der Waals surface area (Å²) in [7, 11) is 0. The fourth-order valence-electron chi connectivity index (χ4n) is 1.56. The van der Waals surface area contributed by atoms with Crippen LogP contribution in [0.3, 0.4) is 0 Å². The summed E-state index contributed by atoms with van der Waals surface area (Å²) in [5.74, 6) is 0. The second kappa shape index (κ2) is 25.7. The normalized spacial score (nSPS) is 9.18. The first-order valence-electron chi connectivity index (χ1n) is 7.41. The minimum atomic E-state index is 0. The van der Waals surface area contributed by atoms with Crippen LogP contribution in [0.25, 0.3) is 0 Å². The Hall–Kier alpha value is 0.922. The molecule has 0 N–H and O–H groups in total. The molecule has 0 rings (SSSR count). The van der Waals surface area contributed by atoms with Crippen LogP contribution in [0.2, 0.25) is 0 Å². The van der Waals surface area contributed by atoms with E-state index < -0.39 is 0 Å². The molecule has 0 aliphatic rings. The number of unbranched alkanes of at least 4 members (excludes halogenated alkanes) is 10. The Bertz CT molecular complexity index is 67.5. The molecule has 0 saturated carbocycles. The van der Waals surface area contributed by atoms with Crippen molar-refractivity contribution < 1.29 is 27.3 Å². The van der Waals surface area contributed by atoms with Gasteiger partial charge in [-0.2, -0.15) is 12.8 Å². The van der Waals surface area contributed by atoms with E-state index in [9.17, 15) is 0 Å². The van der Waals surface area contributed by atoms with Gasteiger partial charge in [-0.05, 0) is 0 Å². The third-order valence-corrected chi connectivity index (χ3v) is 2.71. The van der Waals surface area contributed by atoms with E-state index in [1.54, 1.807) is 0 Å². The summed E-state index contributed by atoms with van der Waals surface area (Å²) in [5.41, 5.74) is 0. The maximum atomic E-state index is 3.78. The van der Waals surface area contributed by atoms with Crippen LogP contribution in [0.4, 0.5) is 0 Å². The largest absolute Gasteiger partial charge is 2.00 e. The van der Waals surface area contributed by atoms with E-state index in [1.165, 1.54) is 64.2 Å². The predicted molar refractivity (Wildman–Crippen MR) is 77.5 cm³/mol. The maximum Gasteiger partial charge on any atom is 2.00 e. The van der Waals surface area contributed by atoms with Gasteiger partial charge in [-0.1, -0.05) is 78.1 Å². The molecule has 0 saturated heterocycles. The topological polar surface area (TPSA) is 0 Å². The first-order valence-corrected chi connectivity index (χ1v) is 7.41. The fraction of sp³-hybridized carbons (Fsp3) is 0.875. The first-order chi connectivity index (χ1) is 7.83. The summed E-state index contributed by atoms with van der Waals surface area (Å²) in [5, 5.41) is 0. The second-order valence-electron chi connectivity index (χ2n) is 4.54. The standard InChI is InChI=1S/2C8H17.Cd/c2*1-3-5-7-8-6-4-2;/h2*1,3-8H2,2H3;/q2*-1;+2. The van der Waals surface area contributed by atoms with Gasteiger partial charge in [0.25, 0.3) is 0 Å². The molecule has 0 heterocycles. The zero-order valence-corrected chi connectivity index (χ0v) is 16.6. The van der Waals surface area contributed by atoms with Crippen molar-refractivity contribution in [3.8, 4) is 0 Å². The van der Waals surface area contributed by atoms with Crippen LogP contribution in [0.5, 0.6) is 0 Å². The van der Waals surface area contributed by atoms with Gasteiger partial charge in [-0.15, -0.1) is 0 Å². The van der Waals surface area contributed by atoms with E-state index in [0.717, 1.165) is 12.8 Å². The third-order valence-electron chi connectivity index (χ3n) is 2.71. The Kier molecular flexibility index (Phi) is 34.8. The van der Waals surface area contributed by atoms with Gasteiger partial charge in [0.2, 0.25) is 0 Å². The molecule has 0 unspecified atom stereocenters. The number of hydrogen-bond donors (Lipinski definition) is 0. The maximum absolute atomic E-state index is 3.78. The second-order valence-corrected chi connectivity index (χ2v) is 4.54. The van der Waals surface area contributed by atoms with Gasteiger partial charge in [0.1, 0.15) is 0 Å². The predicted octanol–water partition coefficient (Wildman–Crippen LogP) is 6.36. The van der Waals surface area contributed by atoms with E-state index >= 15 is 0 Å². The van der Waals surface area contributed by atoms with Gasteiger partial charge in [0, 0.05) is 0 Å². The summed E-state index contributed by atoms with van der Waals surface area (Å²) in [6, 6.07) is 0. The van der Waals surface area contributed by atoms with Crippen LogP contribution in [0.1, 0.15) is 90.9 Å². The van der Waals surface area contributed by atoms with Crippen LogP contribution in [-0.2, 0) is 27.3 Å². The summed E-state index contributed by atoms with van der Waals surface area (Å²) >= 11 is 0. The Labute approximate surface area is 132 Å². The molecule has 0 aromatic heterocycles. The summed E-state index contributed by atoms with van der Waals surface area (Å²) in [6.45, 7) is 12.0. The van der Waals surface area contributed by atoms with Gasteiger partial charge in [-0.25, -0.2) is 0 Å². The fourth-order valence-corrected chi connectivity index (χ4v) is 1.56. The third kappa shape index (κ3) is 31.6. The Balaban J connectivity index is -0.000000218. The van der Waals surface area contributed by atoms with Gasteiger partial charge < -0.3 is 13.8 Å². The minimum absolute atomic E-state index is 0. The minimum Gasteiger partial charge on any atom is -0.343 e. The molecule has 0 bridgehead atoms. The van der Waals surface area contributed by atoms with Crippen molar-refractivity contribution in [2.75, 3.05) is 0 Å². The molecular weight excluding hydrogens is 305 g/mol. The Morgan fingerprint density at radius 2 is 0.824 bits per heavy atom. The zero-order chi connectivity index (χ0) is 12.5. The van der Waals surface area contributed by atoms with E-state index in [4.69, 9.17) is 0 Å². The number of hydrogen-bond acceptors (Lipinski definition) is 0. The SMILES string of the molecule is [CH2-]CCCCCCC.[CH2-]CCCCCCC.[Cd+2]. The average Bonchev–Trinajstić information content (AvgIpc) is 2.31. The molecule has 0 radical (unpaired) electrons. The molecular formula is C16H34Cd. The molecule has 0 aromatic carbocycles. The average molecular weight is 339 g/mol. The molecule has 0 aromatic rings. The summed E-state index contributed by atoms with van der Waals surface area (Å²) in [4.78, 5) is 0. The van der Waals surface area contributed by atoms with Crippen molar-refractivity contribution in [2.24, 2.45) is 0 Å². The van der Waals surface area contributed by atoms with Gasteiger partial charge in [0.15, 0.2) is 0 Å². The first kappa shape index (κ1) is 23.0. The molecule has 0 spiro atoms. The van der Waals surface area contributed by atoms with Gasteiger partial charge in [-0.3, -0.25) is 0 Å². The van der Waals surface area contributed by atoms with Crippen LogP contribution in [0, 0.1) is 13.8 Å². The molecule has 0 nitrogen and oxygen atoms in total. The van der Waals surface area contributed by atoms with E-state index in [2.05, 4.69) is 27.7 Å². The molecule has 100 valence electrons. The van der Waals surface area contributed by atoms with E-state index in [1.807, 2.05) is 0 Å². The van der Waals surface area contributed by atoms with Crippen molar-refractivity contribution in [2.45, 2.75) is 90.9 Å². The Morgan fingerprint density at radius 3 is 1.06 bits per heavy atom. The van der Waals surface area contributed by atoms with Crippen molar-refractivity contribution >= 4 is 0 Å². The molecule has 17 heavy (non-hydrogen) atoms. The molecule has 0 aliphatic heterocycles. The quantitative estimate of drug-likeness (QED) is 0.247. The van der Waals surface area contributed by atoms with Crippen molar-refractivity contribution in [3.05, 3.63) is 13.8 Å². The van der Waals surface area contributed by atoms with Crippen LogP contribution >= 0.6 is 0 Å². The molecule has 1 heteroatoms. The molecule has 0 amide bonds. The smallest absolute Gasteiger partial charge is 0.343 e. The van der Waals surface area contributed by atoms with Crippen molar-refractivity contribution in [3.63, 3.8) is 0 Å². The van der Waals surface area contributed by atoms with E-state index in [0.29, 0.717) is 0 Å². The molecule has 0 atom stereocenters. The van der Waals surface area contributed by atoms with Crippen LogP contribution in [-0.4, -0.2) is 0 Å².